The number of hydrogen-bond donors (Lipinski definition) is 1. The Bertz CT molecular complexity index is 592. The molecule has 2 nitrogen and oxygen atoms in total. The summed E-state index contributed by atoms with van der Waals surface area (Å²) in [6.45, 7) is 10.4. The molecule has 18 heavy (non-hydrogen) atoms. The number of nitrogens with zero attached hydrogens (tertiary/aromatic N) is 1. The highest BCUT2D eigenvalue weighted by atomic mass is 14.7. The Labute approximate surface area is 109 Å². The van der Waals surface area contributed by atoms with Crippen LogP contribution in [0.5, 0.6) is 0 Å². The van der Waals surface area contributed by atoms with Crippen LogP contribution in [0.25, 0.3) is 10.9 Å². The van der Waals surface area contributed by atoms with Crippen molar-refractivity contribution in [2.75, 3.05) is 0 Å². The topological polar surface area (TPSA) is 38.9 Å². The summed E-state index contributed by atoms with van der Waals surface area (Å²) in [6, 6.07) is 6.58. The minimum Gasteiger partial charge on any atom is -0.325 e. The molecule has 1 aromatic carbocycles. The number of pyridine rings is 1. The van der Waals surface area contributed by atoms with Gasteiger partial charge in [0, 0.05) is 16.6 Å². The van der Waals surface area contributed by atoms with E-state index >= 15 is 0 Å². The van der Waals surface area contributed by atoms with Gasteiger partial charge in [-0.05, 0) is 69.9 Å². The molecule has 0 saturated carbocycles. The predicted molar refractivity (Wildman–Crippen MR) is 77.9 cm³/mol. The highest BCUT2D eigenvalue weighted by Gasteiger charge is 2.13. The molecule has 0 atom stereocenters. The Morgan fingerprint density at radius 1 is 1.06 bits per heavy atom. The average Bonchev–Trinajstić information content (AvgIpc) is 2.17. The van der Waals surface area contributed by atoms with Gasteiger partial charge >= 0.3 is 0 Å². The molecule has 2 rings (SSSR count). The largest absolute Gasteiger partial charge is 0.325 e. The third-order valence-corrected chi connectivity index (χ3v) is 3.16. The SMILES string of the molecule is Cc1cc(C)c2cc(CC(C)(C)N)cc(C)c2n1. The number of fused-ring (bicyclic) bond motifs is 1. The van der Waals surface area contributed by atoms with Gasteiger partial charge in [-0.1, -0.05) is 6.07 Å². The van der Waals surface area contributed by atoms with Crippen LogP contribution in [0.2, 0.25) is 0 Å². The summed E-state index contributed by atoms with van der Waals surface area (Å²) in [4.78, 5) is 4.64. The molecule has 0 radical (unpaired) electrons. The Hall–Kier alpha value is -1.41. The predicted octanol–water partition coefficient (Wildman–Crippen LogP) is 3.44. The molecule has 0 aliphatic rings. The quantitative estimate of drug-likeness (QED) is 0.876. The van der Waals surface area contributed by atoms with Crippen molar-refractivity contribution in [2.24, 2.45) is 5.73 Å². The van der Waals surface area contributed by atoms with Crippen molar-refractivity contribution in [3.8, 4) is 0 Å². The van der Waals surface area contributed by atoms with E-state index in [2.05, 4.69) is 50.9 Å². The van der Waals surface area contributed by atoms with Crippen molar-refractivity contribution in [1.29, 1.82) is 0 Å². The van der Waals surface area contributed by atoms with Crippen LogP contribution in [0.15, 0.2) is 18.2 Å². The molecule has 2 heteroatoms. The maximum Gasteiger partial charge on any atom is 0.0737 e. The van der Waals surface area contributed by atoms with Crippen LogP contribution in [0.3, 0.4) is 0 Å². The van der Waals surface area contributed by atoms with Crippen molar-refractivity contribution < 1.29 is 0 Å². The van der Waals surface area contributed by atoms with E-state index in [9.17, 15) is 0 Å². The van der Waals surface area contributed by atoms with Crippen molar-refractivity contribution in [3.63, 3.8) is 0 Å². The normalized spacial score (nSPS) is 12.1. The number of nitrogens with two attached hydrogens (primary N) is 1. The molecule has 0 spiro atoms. The molecule has 2 N–H and O–H groups in total. The molecule has 0 aliphatic carbocycles. The summed E-state index contributed by atoms with van der Waals surface area (Å²) in [6.07, 6.45) is 0.886. The highest BCUT2D eigenvalue weighted by Crippen LogP contribution is 2.24. The smallest absolute Gasteiger partial charge is 0.0737 e. The summed E-state index contributed by atoms with van der Waals surface area (Å²) in [7, 11) is 0. The van der Waals surface area contributed by atoms with Gasteiger partial charge in [-0.25, -0.2) is 0 Å². The zero-order valence-corrected chi connectivity index (χ0v) is 12.0. The van der Waals surface area contributed by atoms with Crippen LogP contribution in [0.1, 0.15) is 36.2 Å². The molecule has 0 amide bonds. The van der Waals surface area contributed by atoms with Gasteiger partial charge in [0.2, 0.25) is 0 Å². The summed E-state index contributed by atoms with van der Waals surface area (Å²) in [5.74, 6) is 0. The van der Waals surface area contributed by atoms with Gasteiger partial charge in [0.25, 0.3) is 0 Å². The third-order valence-electron chi connectivity index (χ3n) is 3.16. The maximum absolute atomic E-state index is 6.11. The van der Waals surface area contributed by atoms with Crippen molar-refractivity contribution >= 4 is 10.9 Å². The lowest BCUT2D eigenvalue weighted by molar-refractivity contribution is 0.517. The van der Waals surface area contributed by atoms with Crippen molar-refractivity contribution in [3.05, 3.63) is 40.6 Å². The van der Waals surface area contributed by atoms with Gasteiger partial charge in [0.15, 0.2) is 0 Å². The van der Waals surface area contributed by atoms with Gasteiger partial charge in [-0.15, -0.1) is 0 Å². The minimum atomic E-state index is -0.174. The zero-order valence-electron chi connectivity index (χ0n) is 12.0. The molecular weight excluding hydrogens is 220 g/mol. The zero-order chi connectivity index (χ0) is 13.5. The Kier molecular flexibility index (Phi) is 3.16. The fraction of sp³-hybridized carbons (Fsp3) is 0.438. The summed E-state index contributed by atoms with van der Waals surface area (Å²) in [5, 5.41) is 1.25. The fourth-order valence-corrected chi connectivity index (χ4v) is 2.53. The molecule has 0 saturated heterocycles. The second kappa shape index (κ2) is 4.36. The lowest BCUT2D eigenvalue weighted by atomic mass is 9.93. The van der Waals surface area contributed by atoms with E-state index in [1.807, 2.05) is 6.92 Å². The van der Waals surface area contributed by atoms with E-state index < -0.39 is 0 Å². The van der Waals surface area contributed by atoms with Gasteiger partial charge in [-0.3, -0.25) is 4.98 Å². The first-order valence-corrected chi connectivity index (χ1v) is 6.43. The molecule has 96 valence electrons. The van der Waals surface area contributed by atoms with Crippen LogP contribution >= 0.6 is 0 Å². The number of benzene rings is 1. The number of aromatic nitrogens is 1. The summed E-state index contributed by atoms with van der Waals surface area (Å²) < 4.78 is 0. The Morgan fingerprint density at radius 3 is 2.33 bits per heavy atom. The second-order valence-corrected chi connectivity index (χ2v) is 6.05. The van der Waals surface area contributed by atoms with Crippen LogP contribution in [0, 0.1) is 20.8 Å². The van der Waals surface area contributed by atoms with Gasteiger partial charge in [-0.2, -0.15) is 0 Å². The van der Waals surface area contributed by atoms with Crippen LogP contribution in [0.4, 0.5) is 0 Å². The lowest BCUT2D eigenvalue weighted by Gasteiger charge is -2.19. The Morgan fingerprint density at radius 2 is 1.72 bits per heavy atom. The lowest BCUT2D eigenvalue weighted by Crippen LogP contribution is -2.34. The molecule has 0 bridgehead atoms. The first kappa shape index (κ1) is 13.0. The minimum absolute atomic E-state index is 0.174. The van der Waals surface area contributed by atoms with Crippen LogP contribution in [-0.2, 0) is 6.42 Å². The van der Waals surface area contributed by atoms with Gasteiger partial charge in [0.05, 0.1) is 5.52 Å². The standard InChI is InChI=1S/C16H22N2/c1-10-6-12(3)18-15-11(2)7-13(8-14(10)15)9-16(4,5)17/h6-8H,9,17H2,1-5H3. The average molecular weight is 242 g/mol. The highest BCUT2D eigenvalue weighted by molar-refractivity contribution is 5.85. The maximum atomic E-state index is 6.11. The van der Waals surface area contributed by atoms with Crippen molar-refractivity contribution in [2.45, 2.75) is 46.6 Å². The van der Waals surface area contributed by atoms with Crippen molar-refractivity contribution in [1.82, 2.24) is 4.98 Å². The van der Waals surface area contributed by atoms with E-state index in [1.54, 1.807) is 0 Å². The monoisotopic (exact) mass is 242 g/mol. The van der Waals surface area contributed by atoms with Crippen LogP contribution in [-0.4, -0.2) is 10.5 Å². The van der Waals surface area contributed by atoms with E-state index in [0.29, 0.717) is 0 Å². The van der Waals surface area contributed by atoms with E-state index in [1.165, 1.54) is 22.1 Å². The summed E-state index contributed by atoms with van der Waals surface area (Å²) >= 11 is 0. The van der Waals surface area contributed by atoms with Gasteiger partial charge in [0.1, 0.15) is 0 Å². The van der Waals surface area contributed by atoms with E-state index in [-0.39, 0.29) is 5.54 Å². The molecule has 0 unspecified atom stereocenters. The van der Waals surface area contributed by atoms with E-state index in [0.717, 1.165) is 17.6 Å². The first-order valence-electron chi connectivity index (χ1n) is 6.43. The Balaban J connectivity index is 2.62. The molecule has 1 heterocycles. The fourth-order valence-electron chi connectivity index (χ4n) is 2.53. The molecular formula is C16H22N2. The number of hydrogen-bond acceptors (Lipinski definition) is 2. The van der Waals surface area contributed by atoms with Gasteiger partial charge < -0.3 is 5.73 Å². The first-order chi connectivity index (χ1) is 8.26. The molecule has 2 aromatic rings. The molecule has 1 aromatic heterocycles. The number of rotatable bonds is 2. The number of aryl methyl sites for hydroxylation is 3. The molecule has 0 aliphatic heterocycles. The third kappa shape index (κ3) is 2.70. The van der Waals surface area contributed by atoms with E-state index in [4.69, 9.17) is 5.73 Å². The second-order valence-electron chi connectivity index (χ2n) is 6.05. The summed E-state index contributed by atoms with van der Waals surface area (Å²) in [5.41, 5.74) is 11.9. The molecule has 0 fully saturated rings. The van der Waals surface area contributed by atoms with Crippen LogP contribution < -0.4 is 5.73 Å².